The van der Waals surface area contributed by atoms with E-state index in [1.54, 1.807) is 0 Å². The standard InChI is InChI=1S/C12H13BrN2O/c1-3-8-11(15-16-12(8)14)9-6-4-5-7(2)10(9)13/h4-6H,3,14H2,1-2H3. The monoisotopic (exact) mass is 280 g/mol. The lowest BCUT2D eigenvalue weighted by molar-refractivity contribution is 0.438. The van der Waals surface area contributed by atoms with Crippen molar-refractivity contribution in [3.8, 4) is 11.3 Å². The predicted molar refractivity (Wildman–Crippen MR) is 68.2 cm³/mol. The number of halogens is 1. The first kappa shape index (κ1) is 11.2. The van der Waals surface area contributed by atoms with E-state index >= 15 is 0 Å². The van der Waals surface area contributed by atoms with Crippen molar-refractivity contribution in [1.82, 2.24) is 5.16 Å². The summed E-state index contributed by atoms with van der Waals surface area (Å²) in [4.78, 5) is 0. The fourth-order valence-corrected chi connectivity index (χ4v) is 2.16. The molecule has 0 aliphatic carbocycles. The molecule has 0 aliphatic heterocycles. The molecule has 1 heterocycles. The van der Waals surface area contributed by atoms with Gasteiger partial charge >= 0.3 is 0 Å². The summed E-state index contributed by atoms with van der Waals surface area (Å²) in [6.45, 7) is 4.08. The maximum Gasteiger partial charge on any atom is 0.225 e. The fraction of sp³-hybridized carbons (Fsp3) is 0.250. The Labute approximate surface area is 103 Å². The lowest BCUT2D eigenvalue weighted by Crippen LogP contribution is -1.91. The molecule has 2 N–H and O–H groups in total. The van der Waals surface area contributed by atoms with Gasteiger partial charge in [-0.25, -0.2) is 0 Å². The number of hydrogen-bond acceptors (Lipinski definition) is 3. The molecule has 0 saturated heterocycles. The van der Waals surface area contributed by atoms with Crippen molar-refractivity contribution in [2.24, 2.45) is 0 Å². The van der Waals surface area contributed by atoms with Crippen LogP contribution in [0.5, 0.6) is 0 Å². The largest absolute Gasteiger partial charge is 0.367 e. The van der Waals surface area contributed by atoms with Gasteiger partial charge in [0.1, 0.15) is 5.69 Å². The van der Waals surface area contributed by atoms with E-state index in [1.807, 2.05) is 32.0 Å². The molecular formula is C12H13BrN2O. The predicted octanol–water partition coefficient (Wildman–Crippen LogP) is 3.56. The number of aromatic nitrogens is 1. The number of benzene rings is 1. The molecule has 2 rings (SSSR count). The summed E-state index contributed by atoms with van der Waals surface area (Å²) in [6, 6.07) is 6.05. The van der Waals surface area contributed by atoms with Gasteiger partial charge in [-0.1, -0.05) is 30.3 Å². The molecular weight excluding hydrogens is 268 g/mol. The van der Waals surface area contributed by atoms with E-state index < -0.39 is 0 Å². The lowest BCUT2D eigenvalue weighted by atomic mass is 10.0. The van der Waals surface area contributed by atoms with Crippen molar-refractivity contribution in [2.75, 3.05) is 5.73 Å². The molecule has 0 unspecified atom stereocenters. The number of nitrogens with two attached hydrogens (primary N) is 1. The third-order valence-electron chi connectivity index (χ3n) is 2.62. The van der Waals surface area contributed by atoms with Gasteiger partial charge in [0, 0.05) is 15.6 Å². The van der Waals surface area contributed by atoms with Gasteiger partial charge in [-0.05, 0) is 34.8 Å². The van der Waals surface area contributed by atoms with Crippen molar-refractivity contribution in [2.45, 2.75) is 20.3 Å². The van der Waals surface area contributed by atoms with Gasteiger partial charge in [0.2, 0.25) is 5.88 Å². The van der Waals surface area contributed by atoms with Crippen LogP contribution in [0.25, 0.3) is 11.3 Å². The van der Waals surface area contributed by atoms with Crippen LogP contribution in [-0.2, 0) is 6.42 Å². The number of aryl methyl sites for hydroxylation is 1. The van der Waals surface area contributed by atoms with Crippen LogP contribution in [-0.4, -0.2) is 5.16 Å². The number of rotatable bonds is 2. The normalized spacial score (nSPS) is 10.7. The summed E-state index contributed by atoms with van der Waals surface area (Å²) >= 11 is 3.57. The van der Waals surface area contributed by atoms with Crippen LogP contribution >= 0.6 is 15.9 Å². The Kier molecular flexibility index (Phi) is 3.01. The maximum absolute atomic E-state index is 5.73. The Balaban J connectivity index is 2.63. The van der Waals surface area contributed by atoms with Crippen molar-refractivity contribution in [3.63, 3.8) is 0 Å². The minimum Gasteiger partial charge on any atom is -0.367 e. The summed E-state index contributed by atoms with van der Waals surface area (Å²) in [5.41, 5.74) is 9.72. The average molecular weight is 281 g/mol. The molecule has 0 spiro atoms. The van der Waals surface area contributed by atoms with Crippen LogP contribution in [0.3, 0.4) is 0 Å². The molecule has 0 aliphatic rings. The number of anilines is 1. The zero-order valence-corrected chi connectivity index (χ0v) is 10.8. The third-order valence-corrected chi connectivity index (χ3v) is 3.67. The Hall–Kier alpha value is -1.29. The van der Waals surface area contributed by atoms with Gasteiger partial charge < -0.3 is 10.3 Å². The van der Waals surface area contributed by atoms with Crippen LogP contribution in [0, 0.1) is 6.92 Å². The topological polar surface area (TPSA) is 52.0 Å². The van der Waals surface area contributed by atoms with Gasteiger partial charge in [-0.15, -0.1) is 0 Å². The Morgan fingerprint density at radius 3 is 2.88 bits per heavy atom. The molecule has 0 amide bonds. The van der Waals surface area contributed by atoms with E-state index in [1.165, 1.54) is 5.56 Å². The maximum atomic E-state index is 5.73. The molecule has 0 fully saturated rings. The van der Waals surface area contributed by atoms with E-state index in [4.69, 9.17) is 10.3 Å². The van der Waals surface area contributed by atoms with Crippen LogP contribution in [0.1, 0.15) is 18.1 Å². The first-order chi connectivity index (χ1) is 7.65. The smallest absolute Gasteiger partial charge is 0.225 e. The molecule has 4 heteroatoms. The van der Waals surface area contributed by atoms with E-state index in [-0.39, 0.29) is 0 Å². The zero-order valence-electron chi connectivity index (χ0n) is 9.25. The first-order valence-electron chi connectivity index (χ1n) is 5.14. The number of hydrogen-bond donors (Lipinski definition) is 1. The molecule has 0 radical (unpaired) electrons. The van der Waals surface area contributed by atoms with Crippen molar-refractivity contribution < 1.29 is 4.52 Å². The van der Waals surface area contributed by atoms with Crippen molar-refractivity contribution in [3.05, 3.63) is 33.8 Å². The van der Waals surface area contributed by atoms with Crippen LogP contribution < -0.4 is 5.73 Å². The summed E-state index contributed by atoms with van der Waals surface area (Å²) in [6.07, 6.45) is 0.811. The van der Waals surface area contributed by atoms with Crippen molar-refractivity contribution in [1.29, 1.82) is 0 Å². The van der Waals surface area contributed by atoms with Gasteiger partial charge in [0.15, 0.2) is 0 Å². The quantitative estimate of drug-likeness (QED) is 0.915. The highest BCUT2D eigenvalue weighted by Crippen LogP contribution is 2.34. The van der Waals surface area contributed by atoms with Gasteiger partial charge in [0.25, 0.3) is 0 Å². The van der Waals surface area contributed by atoms with Gasteiger partial charge in [-0.3, -0.25) is 0 Å². The summed E-state index contributed by atoms with van der Waals surface area (Å²) in [5.74, 6) is 0.408. The zero-order chi connectivity index (χ0) is 11.7. The first-order valence-corrected chi connectivity index (χ1v) is 5.94. The van der Waals surface area contributed by atoms with Gasteiger partial charge in [0.05, 0.1) is 0 Å². The van der Waals surface area contributed by atoms with E-state index in [9.17, 15) is 0 Å². The molecule has 2 aromatic rings. The van der Waals surface area contributed by atoms with Crippen molar-refractivity contribution >= 4 is 21.8 Å². The summed E-state index contributed by atoms with van der Waals surface area (Å²) in [7, 11) is 0. The summed E-state index contributed by atoms with van der Waals surface area (Å²) < 4.78 is 6.08. The third kappa shape index (κ3) is 1.73. The molecule has 1 aromatic carbocycles. The summed E-state index contributed by atoms with van der Waals surface area (Å²) in [5, 5.41) is 4.03. The molecule has 16 heavy (non-hydrogen) atoms. The molecule has 84 valence electrons. The Morgan fingerprint density at radius 1 is 1.44 bits per heavy atom. The second kappa shape index (κ2) is 4.29. The van der Waals surface area contributed by atoms with Gasteiger partial charge in [-0.2, -0.15) is 0 Å². The van der Waals surface area contributed by atoms with E-state index in [0.717, 1.165) is 27.7 Å². The lowest BCUT2D eigenvalue weighted by Gasteiger charge is -2.05. The second-order valence-corrected chi connectivity index (χ2v) is 4.46. The molecule has 0 bridgehead atoms. The van der Waals surface area contributed by atoms with E-state index in [2.05, 4.69) is 21.1 Å². The van der Waals surface area contributed by atoms with E-state index in [0.29, 0.717) is 5.88 Å². The van der Waals surface area contributed by atoms with Crippen LogP contribution in [0.4, 0.5) is 5.88 Å². The minimum absolute atomic E-state index is 0.408. The minimum atomic E-state index is 0.408. The number of nitrogen functional groups attached to an aromatic ring is 1. The molecule has 0 saturated carbocycles. The Bertz CT molecular complexity index is 520. The van der Waals surface area contributed by atoms with Crippen LogP contribution in [0.15, 0.2) is 27.2 Å². The molecule has 0 atom stereocenters. The highest BCUT2D eigenvalue weighted by molar-refractivity contribution is 9.10. The molecule has 3 nitrogen and oxygen atoms in total. The SMILES string of the molecule is CCc1c(-c2cccc(C)c2Br)noc1N. The Morgan fingerprint density at radius 2 is 2.19 bits per heavy atom. The molecule has 1 aromatic heterocycles. The highest BCUT2D eigenvalue weighted by Gasteiger charge is 2.16. The average Bonchev–Trinajstić information content (AvgIpc) is 2.63. The highest BCUT2D eigenvalue weighted by atomic mass is 79.9. The second-order valence-electron chi connectivity index (χ2n) is 3.66. The number of nitrogens with zero attached hydrogens (tertiary/aromatic N) is 1. The van der Waals surface area contributed by atoms with Crippen LogP contribution in [0.2, 0.25) is 0 Å². The fourth-order valence-electron chi connectivity index (χ4n) is 1.71.